The Morgan fingerprint density at radius 1 is 1.54 bits per heavy atom. The Kier molecular flexibility index (Phi) is 4.18. The van der Waals surface area contributed by atoms with E-state index in [-0.39, 0.29) is 6.42 Å². The Morgan fingerprint density at radius 3 is 2.92 bits per heavy atom. The molecule has 0 aliphatic carbocycles. The molecular weight excluding hydrogens is 204 g/mol. The molecule has 1 aromatic carbocycles. The Balaban J connectivity index is 2.73. The molecular formula is C9H10O2S2. The van der Waals surface area contributed by atoms with Crippen LogP contribution in [0, 0.1) is 0 Å². The second-order valence-electron chi connectivity index (χ2n) is 2.47. The van der Waals surface area contributed by atoms with E-state index in [4.69, 9.17) is 5.11 Å². The first kappa shape index (κ1) is 10.5. The van der Waals surface area contributed by atoms with Gasteiger partial charge in [0.2, 0.25) is 0 Å². The SMILES string of the molecule is CSSc1cccc(CC(=O)O)c1. The van der Waals surface area contributed by atoms with E-state index in [1.54, 1.807) is 21.6 Å². The second kappa shape index (κ2) is 5.19. The molecule has 0 fully saturated rings. The maximum absolute atomic E-state index is 10.4. The maximum atomic E-state index is 10.4. The summed E-state index contributed by atoms with van der Waals surface area (Å²) in [5, 5.41) is 8.58. The molecule has 4 heteroatoms. The average molecular weight is 214 g/mol. The summed E-state index contributed by atoms with van der Waals surface area (Å²) in [6, 6.07) is 7.61. The molecule has 0 aliphatic rings. The van der Waals surface area contributed by atoms with Crippen molar-refractivity contribution in [3.05, 3.63) is 29.8 Å². The molecule has 1 aromatic rings. The van der Waals surface area contributed by atoms with Crippen LogP contribution < -0.4 is 0 Å². The smallest absolute Gasteiger partial charge is 0.307 e. The first-order chi connectivity index (χ1) is 6.22. The van der Waals surface area contributed by atoms with E-state index >= 15 is 0 Å². The molecule has 0 spiro atoms. The summed E-state index contributed by atoms with van der Waals surface area (Å²) in [6.45, 7) is 0. The van der Waals surface area contributed by atoms with Crippen molar-refractivity contribution in [2.45, 2.75) is 11.3 Å². The number of rotatable bonds is 4. The van der Waals surface area contributed by atoms with E-state index in [0.29, 0.717) is 0 Å². The van der Waals surface area contributed by atoms with Gasteiger partial charge in [-0.3, -0.25) is 4.79 Å². The first-order valence-electron chi connectivity index (χ1n) is 3.74. The van der Waals surface area contributed by atoms with Crippen LogP contribution in [0.25, 0.3) is 0 Å². The number of carbonyl (C=O) groups is 1. The van der Waals surface area contributed by atoms with E-state index in [9.17, 15) is 4.79 Å². The highest BCUT2D eigenvalue weighted by Crippen LogP contribution is 2.28. The van der Waals surface area contributed by atoms with Gasteiger partial charge in [-0.2, -0.15) is 0 Å². The summed E-state index contributed by atoms with van der Waals surface area (Å²) < 4.78 is 0. The maximum Gasteiger partial charge on any atom is 0.307 e. The minimum atomic E-state index is -0.786. The fraction of sp³-hybridized carbons (Fsp3) is 0.222. The van der Waals surface area contributed by atoms with E-state index in [1.807, 2.05) is 30.5 Å². The number of hydrogen-bond acceptors (Lipinski definition) is 3. The van der Waals surface area contributed by atoms with Crippen LogP contribution in [0.2, 0.25) is 0 Å². The minimum Gasteiger partial charge on any atom is -0.481 e. The van der Waals surface area contributed by atoms with Crippen LogP contribution in [0.4, 0.5) is 0 Å². The van der Waals surface area contributed by atoms with Crippen LogP contribution in [0.3, 0.4) is 0 Å². The molecule has 0 atom stereocenters. The molecule has 0 saturated carbocycles. The van der Waals surface area contributed by atoms with Crippen molar-refractivity contribution in [1.82, 2.24) is 0 Å². The third kappa shape index (κ3) is 3.74. The standard InChI is InChI=1S/C9H10O2S2/c1-12-13-8-4-2-3-7(5-8)6-9(10)11/h2-5H,6H2,1H3,(H,10,11). The Bertz CT molecular complexity index is 299. The van der Waals surface area contributed by atoms with Gasteiger partial charge >= 0.3 is 5.97 Å². The number of carboxylic acids is 1. The quantitative estimate of drug-likeness (QED) is 0.782. The van der Waals surface area contributed by atoms with E-state index in [2.05, 4.69) is 0 Å². The zero-order chi connectivity index (χ0) is 9.68. The van der Waals surface area contributed by atoms with Crippen LogP contribution in [-0.4, -0.2) is 17.3 Å². The van der Waals surface area contributed by atoms with Crippen LogP contribution in [-0.2, 0) is 11.2 Å². The molecule has 0 aromatic heterocycles. The third-order valence-electron chi connectivity index (χ3n) is 1.43. The molecule has 0 unspecified atom stereocenters. The summed E-state index contributed by atoms with van der Waals surface area (Å²) in [5.41, 5.74) is 0.853. The monoisotopic (exact) mass is 214 g/mol. The Hall–Kier alpha value is -0.610. The molecule has 0 radical (unpaired) electrons. The van der Waals surface area contributed by atoms with Gasteiger partial charge in [0.1, 0.15) is 0 Å². The van der Waals surface area contributed by atoms with Gasteiger partial charge in [0.15, 0.2) is 0 Å². The lowest BCUT2D eigenvalue weighted by atomic mass is 10.2. The Labute approximate surface area is 85.1 Å². The minimum absolute atomic E-state index is 0.1000. The summed E-state index contributed by atoms with van der Waals surface area (Å²) in [6.07, 6.45) is 2.09. The lowest BCUT2D eigenvalue weighted by molar-refractivity contribution is -0.136. The van der Waals surface area contributed by atoms with Gasteiger partial charge in [0, 0.05) is 4.90 Å². The van der Waals surface area contributed by atoms with E-state index in [0.717, 1.165) is 10.5 Å². The summed E-state index contributed by atoms with van der Waals surface area (Å²) in [5.74, 6) is -0.786. The largest absolute Gasteiger partial charge is 0.481 e. The van der Waals surface area contributed by atoms with Gasteiger partial charge in [-0.05, 0) is 24.0 Å². The number of aliphatic carboxylic acids is 1. The average Bonchev–Trinajstić information content (AvgIpc) is 2.04. The van der Waals surface area contributed by atoms with Crippen LogP contribution in [0.1, 0.15) is 5.56 Å². The second-order valence-corrected chi connectivity index (χ2v) is 4.94. The third-order valence-corrected chi connectivity index (χ3v) is 3.12. The highest BCUT2D eigenvalue weighted by Gasteiger charge is 2.00. The van der Waals surface area contributed by atoms with Crippen LogP contribution in [0.15, 0.2) is 29.2 Å². The molecule has 0 heterocycles. The molecule has 0 bridgehead atoms. The molecule has 1 rings (SSSR count). The highest BCUT2D eigenvalue weighted by molar-refractivity contribution is 8.76. The van der Waals surface area contributed by atoms with Gasteiger partial charge in [0.25, 0.3) is 0 Å². The fourth-order valence-electron chi connectivity index (χ4n) is 0.978. The van der Waals surface area contributed by atoms with Gasteiger partial charge in [-0.1, -0.05) is 33.7 Å². The zero-order valence-electron chi connectivity index (χ0n) is 7.19. The molecule has 70 valence electrons. The normalized spacial score (nSPS) is 9.92. The Morgan fingerprint density at radius 2 is 2.31 bits per heavy atom. The van der Waals surface area contributed by atoms with Gasteiger partial charge in [-0.25, -0.2) is 0 Å². The molecule has 0 saturated heterocycles. The zero-order valence-corrected chi connectivity index (χ0v) is 8.82. The van der Waals surface area contributed by atoms with Crippen molar-refractivity contribution < 1.29 is 9.90 Å². The van der Waals surface area contributed by atoms with Gasteiger partial charge in [-0.15, -0.1) is 0 Å². The summed E-state index contributed by atoms with van der Waals surface area (Å²) in [4.78, 5) is 11.5. The predicted octanol–water partition coefficient (Wildman–Crippen LogP) is 2.68. The van der Waals surface area contributed by atoms with Crippen molar-refractivity contribution in [1.29, 1.82) is 0 Å². The summed E-state index contributed by atoms with van der Waals surface area (Å²) >= 11 is 0. The molecule has 0 amide bonds. The van der Waals surface area contributed by atoms with E-state index in [1.165, 1.54) is 0 Å². The first-order valence-corrected chi connectivity index (χ1v) is 6.29. The van der Waals surface area contributed by atoms with Crippen molar-refractivity contribution in [2.75, 3.05) is 6.26 Å². The van der Waals surface area contributed by atoms with Gasteiger partial charge < -0.3 is 5.11 Å². The highest BCUT2D eigenvalue weighted by atomic mass is 33.1. The van der Waals surface area contributed by atoms with Crippen LogP contribution in [0.5, 0.6) is 0 Å². The lowest BCUT2D eigenvalue weighted by Crippen LogP contribution is -1.99. The van der Waals surface area contributed by atoms with E-state index < -0.39 is 5.97 Å². The number of benzene rings is 1. The topological polar surface area (TPSA) is 37.3 Å². The number of hydrogen-bond donors (Lipinski definition) is 1. The van der Waals surface area contributed by atoms with Gasteiger partial charge in [0.05, 0.1) is 6.42 Å². The molecule has 13 heavy (non-hydrogen) atoms. The summed E-state index contributed by atoms with van der Waals surface area (Å²) in [7, 11) is 3.29. The molecule has 2 nitrogen and oxygen atoms in total. The van der Waals surface area contributed by atoms with Crippen molar-refractivity contribution >= 4 is 27.6 Å². The lowest BCUT2D eigenvalue weighted by Gasteiger charge is -2.00. The molecule has 1 N–H and O–H groups in total. The van der Waals surface area contributed by atoms with Crippen molar-refractivity contribution in [2.24, 2.45) is 0 Å². The van der Waals surface area contributed by atoms with Crippen molar-refractivity contribution in [3.8, 4) is 0 Å². The number of carboxylic acid groups (broad SMARTS) is 1. The fourth-order valence-corrected chi connectivity index (χ4v) is 2.39. The van der Waals surface area contributed by atoms with Crippen molar-refractivity contribution in [3.63, 3.8) is 0 Å². The molecule has 0 aliphatic heterocycles. The predicted molar refractivity (Wildman–Crippen MR) is 57.2 cm³/mol. The van der Waals surface area contributed by atoms with Crippen LogP contribution >= 0.6 is 21.6 Å².